The maximum absolute atomic E-state index is 12.0. The zero-order valence-corrected chi connectivity index (χ0v) is 15.7. The zero-order chi connectivity index (χ0) is 17.0. The lowest BCUT2D eigenvalue weighted by Gasteiger charge is -2.14. The Morgan fingerprint density at radius 2 is 2.04 bits per heavy atom. The van der Waals surface area contributed by atoms with Crippen LogP contribution in [0.5, 0.6) is 0 Å². The van der Waals surface area contributed by atoms with Gasteiger partial charge in [0.25, 0.3) is 0 Å². The Morgan fingerprint density at radius 1 is 1.30 bits per heavy atom. The number of amides is 1. The maximum atomic E-state index is 12.0. The quantitative estimate of drug-likeness (QED) is 0.742. The van der Waals surface area contributed by atoms with Crippen molar-refractivity contribution < 1.29 is 4.79 Å². The van der Waals surface area contributed by atoms with Crippen LogP contribution in [0, 0.1) is 5.92 Å². The van der Waals surface area contributed by atoms with Crippen LogP contribution in [0.25, 0.3) is 5.65 Å². The highest BCUT2D eigenvalue weighted by Crippen LogP contribution is 2.25. The van der Waals surface area contributed by atoms with E-state index in [0.717, 1.165) is 12.8 Å². The number of fused-ring (bicyclic) bond motifs is 1. The summed E-state index contributed by atoms with van der Waals surface area (Å²) in [5.41, 5.74) is 0.532. The lowest BCUT2D eigenvalue weighted by atomic mass is 10.0. The summed E-state index contributed by atoms with van der Waals surface area (Å²) in [4.78, 5) is 12.0. The second-order valence-corrected chi connectivity index (χ2v) is 7.70. The Labute approximate surface area is 150 Å². The summed E-state index contributed by atoms with van der Waals surface area (Å²) in [7, 11) is 0. The van der Waals surface area contributed by atoms with Crippen molar-refractivity contribution in [3.63, 3.8) is 0 Å². The van der Waals surface area contributed by atoms with E-state index in [4.69, 9.17) is 23.2 Å². The van der Waals surface area contributed by atoms with Gasteiger partial charge in [-0.05, 0) is 31.7 Å². The van der Waals surface area contributed by atoms with Crippen molar-refractivity contribution in [2.75, 3.05) is 5.75 Å². The van der Waals surface area contributed by atoms with E-state index in [1.807, 2.05) is 6.92 Å². The molecular weight excluding hydrogens is 355 g/mol. The fourth-order valence-corrected chi connectivity index (χ4v) is 3.33. The van der Waals surface area contributed by atoms with Gasteiger partial charge in [-0.2, -0.15) is 0 Å². The fraction of sp³-hybridized carbons (Fsp3) is 0.533. The van der Waals surface area contributed by atoms with Crippen LogP contribution in [0.3, 0.4) is 0 Å². The summed E-state index contributed by atoms with van der Waals surface area (Å²) in [5, 5.41) is 12.6. The number of thioether (sulfide) groups is 1. The highest BCUT2D eigenvalue weighted by Gasteiger charge is 2.13. The van der Waals surface area contributed by atoms with E-state index in [1.165, 1.54) is 11.8 Å². The summed E-state index contributed by atoms with van der Waals surface area (Å²) in [6.07, 6.45) is 3.77. The Balaban J connectivity index is 1.92. The van der Waals surface area contributed by atoms with Crippen molar-refractivity contribution in [3.05, 3.63) is 22.3 Å². The number of hydrogen-bond donors (Lipinski definition) is 1. The number of pyridine rings is 1. The van der Waals surface area contributed by atoms with Crippen LogP contribution in [-0.4, -0.2) is 32.3 Å². The minimum absolute atomic E-state index is 0.0175. The molecular formula is C15H20Cl2N4OS. The molecule has 0 radical (unpaired) electrons. The van der Waals surface area contributed by atoms with E-state index in [2.05, 4.69) is 29.4 Å². The fourth-order valence-electron chi connectivity index (χ4n) is 2.10. The lowest BCUT2D eigenvalue weighted by Crippen LogP contribution is -2.34. The molecule has 0 saturated carbocycles. The number of halogens is 2. The van der Waals surface area contributed by atoms with Crippen LogP contribution in [0.1, 0.15) is 33.6 Å². The van der Waals surface area contributed by atoms with Crippen LogP contribution in [0.2, 0.25) is 10.0 Å². The first-order chi connectivity index (χ1) is 10.9. The average molecular weight is 375 g/mol. The largest absolute Gasteiger partial charge is 0.353 e. The predicted molar refractivity (Wildman–Crippen MR) is 95.4 cm³/mol. The lowest BCUT2D eigenvalue weighted by molar-refractivity contribution is -0.119. The average Bonchev–Trinajstić information content (AvgIpc) is 2.86. The normalized spacial score (nSPS) is 12.8. The van der Waals surface area contributed by atoms with Gasteiger partial charge >= 0.3 is 0 Å². The molecule has 0 saturated heterocycles. The summed E-state index contributed by atoms with van der Waals surface area (Å²) in [6.45, 7) is 6.38. The van der Waals surface area contributed by atoms with Crippen molar-refractivity contribution >= 4 is 46.5 Å². The molecule has 2 aromatic heterocycles. The third-order valence-electron chi connectivity index (χ3n) is 3.31. The first kappa shape index (κ1) is 18.4. The van der Waals surface area contributed by atoms with Gasteiger partial charge in [0.1, 0.15) is 0 Å². The second kappa shape index (κ2) is 8.22. The summed E-state index contributed by atoms with van der Waals surface area (Å²) < 4.78 is 1.70. The van der Waals surface area contributed by atoms with E-state index >= 15 is 0 Å². The van der Waals surface area contributed by atoms with Crippen LogP contribution in [0.15, 0.2) is 17.4 Å². The molecule has 23 heavy (non-hydrogen) atoms. The second-order valence-electron chi connectivity index (χ2n) is 5.91. The maximum Gasteiger partial charge on any atom is 0.230 e. The Hall–Kier alpha value is -0.980. The van der Waals surface area contributed by atoms with Gasteiger partial charge in [-0.25, -0.2) is 0 Å². The molecule has 0 aromatic carbocycles. The van der Waals surface area contributed by atoms with Gasteiger partial charge in [-0.1, -0.05) is 48.8 Å². The van der Waals surface area contributed by atoms with Crippen LogP contribution in [0.4, 0.5) is 0 Å². The van der Waals surface area contributed by atoms with Gasteiger partial charge in [0.2, 0.25) is 5.91 Å². The molecule has 1 atom stereocenters. The Morgan fingerprint density at radius 3 is 2.74 bits per heavy atom. The monoisotopic (exact) mass is 374 g/mol. The van der Waals surface area contributed by atoms with Crippen molar-refractivity contribution in [2.24, 2.45) is 5.92 Å². The standard InChI is InChI=1S/C15H20Cl2N4OS/c1-9(2)4-5-10(3)18-13(22)8-23-15-20-19-14-12(17)6-11(16)7-21(14)15/h6-7,9-10H,4-5,8H2,1-3H3,(H,18,22). The van der Waals surface area contributed by atoms with Gasteiger partial charge in [-0.15, -0.1) is 10.2 Å². The first-order valence-electron chi connectivity index (χ1n) is 7.48. The van der Waals surface area contributed by atoms with E-state index in [-0.39, 0.29) is 17.7 Å². The van der Waals surface area contributed by atoms with Gasteiger partial charge in [0, 0.05) is 12.2 Å². The molecule has 2 aromatic rings. The van der Waals surface area contributed by atoms with Crippen LogP contribution >= 0.6 is 35.0 Å². The predicted octanol–water partition coefficient (Wildman–Crippen LogP) is 4.07. The molecule has 1 N–H and O–H groups in total. The first-order valence-corrected chi connectivity index (χ1v) is 9.23. The molecule has 0 aliphatic rings. The number of rotatable bonds is 7. The topological polar surface area (TPSA) is 59.3 Å². The molecule has 5 nitrogen and oxygen atoms in total. The number of aromatic nitrogens is 3. The number of nitrogens with one attached hydrogen (secondary N) is 1. The van der Waals surface area contributed by atoms with Crippen molar-refractivity contribution in [3.8, 4) is 0 Å². The third kappa shape index (κ3) is 5.26. The van der Waals surface area contributed by atoms with Crippen molar-refractivity contribution in [1.29, 1.82) is 0 Å². The summed E-state index contributed by atoms with van der Waals surface area (Å²) >= 11 is 13.4. The van der Waals surface area contributed by atoms with E-state index in [0.29, 0.717) is 26.8 Å². The Bertz CT molecular complexity index is 689. The van der Waals surface area contributed by atoms with Crippen LogP contribution < -0.4 is 5.32 Å². The van der Waals surface area contributed by atoms with Crippen LogP contribution in [-0.2, 0) is 4.79 Å². The highest BCUT2D eigenvalue weighted by atomic mass is 35.5. The zero-order valence-electron chi connectivity index (χ0n) is 13.3. The van der Waals surface area contributed by atoms with Gasteiger partial charge in [-0.3, -0.25) is 9.20 Å². The van der Waals surface area contributed by atoms with Crippen molar-refractivity contribution in [1.82, 2.24) is 19.9 Å². The molecule has 0 fully saturated rings. The number of carbonyl (C=O) groups excluding carboxylic acids is 1. The third-order valence-corrected chi connectivity index (χ3v) is 4.74. The number of hydrogen-bond acceptors (Lipinski definition) is 4. The molecule has 126 valence electrons. The molecule has 0 bridgehead atoms. The summed E-state index contributed by atoms with van der Waals surface area (Å²) in [6, 6.07) is 1.79. The minimum Gasteiger partial charge on any atom is -0.353 e. The van der Waals surface area contributed by atoms with Gasteiger partial charge in [0.15, 0.2) is 10.8 Å². The molecule has 0 aliphatic heterocycles. The molecule has 2 heterocycles. The van der Waals surface area contributed by atoms with Gasteiger partial charge in [0.05, 0.1) is 15.8 Å². The van der Waals surface area contributed by atoms with E-state index in [9.17, 15) is 4.79 Å². The summed E-state index contributed by atoms with van der Waals surface area (Å²) in [5.74, 6) is 0.897. The molecule has 2 rings (SSSR count). The number of carbonyl (C=O) groups is 1. The molecule has 0 aliphatic carbocycles. The number of nitrogens with zero attached hydrogens (tertiary/aromatic N) is 3. The molecule has 1 amide bonds. The van der Waals surface area contributed by atoms with Gasteiger partial charge < -0.3 is 5.32 Å². The Kier molecular flexibility index (Phi) is 6.56. The smallest absolute Gasteiger partial charge is 0.230 e. The van der Waals surface area contributed by atoms with Crippen molar-refractivity contribution in [2.45, 2.75) is 44.8 Å². The SMILES string of the molecule is CC(C)CCC(C)NC(=O)CSc1nnc2c(Cl)cc(Cl)cn12. The molecule has 1 unspecified atom stereocenters. The van der Waals surface area contributed by atoms with E-state index < -0.39 is 0 Å². The molecule has 0 spiro atoms. The highest BCUT2D eigenvalue weighted by molar-refractivity contribution is 7.99. The van der Waals surface area contributed by atoms with E-state index in [1.54, 1.807) is 16.7 Å². The minimum atomic E-state index is -0.0175. The molecule has 8 heteroatoms.